The molecule has 26 heavy (non-hydrogen) atoms. The minimum Gasteiger partial charge on any atom is -0.449 e. The van der Waals surface area contributed by atoms with Gasteiger partial charge in [-0.05, 0) is 25.1 Å². The Morgan fingerprint density at radius 1 is 1.23 bits per heavy atom. The Morgan fingerprint density at radius 3 is 2.73 bits per heavy atom. The molecule has 0 aliphatic heterocycles. The zero-order valence-corrected chi connectivity index (χ0v) is 13.9. The summed E-state index contributed by atoms with van der Waals surface area (Å²) in [5, 5.41) is 14.8. The lowest BCUT2D eigenvalue weighted by atomic mass is 10.2. The molecule has 0 fully saturated rings. The Morgan fingerprint density at radius 2 is 2.04 bits per heavy atom. The van der Waals surface area contributed by atoms with E-state index in [-0.39, 0.29) is 12.3 Å². The number of para-hydroxylation sites is 1. The number of nitrogens with zero attached hydrogens (tertiary/aromatic N) is 3. The largest absolute Gasteiger partial charge is 0.449 e. The van der Waals surface area contributed by atoms with Crippen LogP contribution in [0, 0.1) is 11.3 Å². The lowest BCUT2D eigenvalue weighted by Crippen LogP contribution is -2.19. The first-order valence-corrected chi connectivity index (χ1v) is 7.83. The van der Waals surface area contributed by atoms with E-state index in [1.165, 1.54) is 23.0 Å². The van der Waals surface area contributed by atoms with Crippen molar-refractivity contribution in [1.29, 1.82) is 5.26 Å². The third kappa shape index (κ3) is 3.47. The molecule has 2 aromatic heterocycles. The fourth-order valence-corrected chi connectivity index (χ4v) is 2.44. The van der Waals surface area contributed by atoms with Gasteiger partial charge >= 0.3 is 12.1 Å². The van der Waals surface area contributed by atoms with Gasteiger partial charge in [0.25, 0.3) is 0 Å². The van der Waals surface area contributed by atoms with Crippen molar-refractivity contribution in [3.63, 3.8) is 0 Å². The molecule has 3 aromatic rings. The van der Waals surface area contributed by atoms with Crippen LogP contribution in [0.2, 0.25) is 0 Å². The number of nitriles is 1. The van der Waals surface area contributed by atoms with Crippen LogP contribution >= 0.6 is 0 Å². The quantitative estimate of drug-likeness (QED) is 0.751. The van der Waals surface area contributed by atoms with E-state index in [9.17, 15) is 9.59 Å². The Bertz CT molecular complexity index is 1000. The number of fused-ring (bicyclic) bond motifs is 1. The number of amides is 2. The normalized spacial score (nSPS) is 10.2. The summed E-state index contributed by atoms with van der Waals surface area (Å²) in [5.74, 6) is 0. The van der Waals surface area contributed by atoms with Gasteiger partial charge in [0, 0.05) is 11.6 Å². The van der Waals surface area contributed by atoms with Gasteiger partial charge in [-0.1, -0.05) is 18.2 Å². The van der Waals surface area contributed by atoms with E-state index in [1.807, 2.05) is 12.1 Å². The maximum absolute atomic E-state index is 12.2. The van der Waals surface area contributed by atoms with Crippen LogP contribution < -0.4 is 10.6 Å². The van der Waals surface area contributed by atoms with Crippen molar-refractivity contribution >= 4 is 34.4 Å². The van der Waals surface area contributed by atoms with Gasteiger partial charge in [-0.15, -0.1) is 0 Å². The van der Waals surface area contributed by atoms with Gasteiger partial charge in [0.1, 0.15) is 11.8 Å². The van der Waals surface area contributed by atoms with E-state index < -0.39 is 12.1 Å². The topological polar surface area (TPSA) is 109 Å². The minimum absolute atomic E-state index is 0.250. The summed E-state index contributed by atoms with van der Waals surface area (Å²) in [5.41, 5.74) is 1.79. The molecule has 3 rings (SSSR count). The second kappa shape index (κ2) is 7.36. The van der Waals surface area contributed by atoms with Crippen molar-refractivity contribution < 1.29 is 14.3 Å². The highest BCUT2D eigenvalue weighted by atomic mass is 16.5. The van der Waals surface area contributed by atoms with Gasteiger partial charge in [0.2, 0.25) is 0 Å². The highest BCUT2D eigenvalue weighted by Gasteiger charge is 2.15. The fourth-order valence-electron chi connectivity index (χ4n) is 2.44. The number of nitrogens with one attached hydrogen (secondary N) is 2. The van der Waals surface area contributed by atoms with Gasteiger partial charge in [0.15, 0.2) is 0 Å². The molecule has 0 spiro atoms. The molecule has 0 unspecified atom stereocenters. The SMILES string of the molecule is CCOC(=O)n1cc(NC(=O)Nc2ccc(C#N)nc2)c2ccccc21. The molecule has 2 N–H and O–H groups in total. The molecule has 2 amide bonds. The number of hydrogen-bond donors (Lipinski definition) is 2. The standard InChI is InChI=1S/C18H15N5O3/c1-2-26-18(25)23-11-15(14-5-3-4-6-16(14)23)22-17(24)21-13-8-7-12(9-19)20-10-13/h3-8,10-11H,2H2,1H3,(H2,21,22,24). The molecule has 8 nitrogen and oxygen atoms in total. The van der Waals surface area contributed by atoms with Crippen molar-refractivity contribution in [3.05, 3.63) is 54.5 Å². The van der Waals surface area contributed by atoms with E-state index in [1.54, 1.807) is 31.2 Å². The first-order valence-electron chi connectivity index (χ1n) is 7.83. The van der Waals surface area contributed by atoms with Crippen LogP contribution in [0.1, 0.15) is 12.6 Å². The fraction of sp³-hybridized carbons (Fsp3) is 0.111. The van der Waals surface area contributed by atoms with Crippen molar-refractivity contribution in [2.75, 3.05) is 17.2 Å². The Balaban J connectivity index is 1.82. The van der Waals surface area contributed by atoms with Crippen LogP contribution in [0.4, 0.5) is 21.0 Å². The number of anilines is 2. The summed E-state index contributed by atoms with van der Waals surface area (Å²) in [4.78, 5) is 28.2. The molecule has 130 valence electrons. The van der Waals surface area contributed by atoms with E-state index in [0.29, 0.717) is 22.3 Å². The number of aromatic nitrogens is 2. The lowest BCUT2D eigenvalue weighted by Gasteiger charge is -2.06. The van der Waals surface area contributed by atoms with Crippen molar-refractivity contribution in [2.24, 2.45) is 0 Å². The van der Waals surface area contributed by atoms with Gasteiger partial charge in [-0.25, -0.2) is 14.6 Å². The van der Waals surface area contributed by atoms with E-state index in [4.69, 9.17) is 10.00 Å². The Hall–Kier alpha value is -3.86. The highest BCUT2D eigenvalue weighted by Crippen LogP contribution is 2.26. The molecule has 0 bridgehead atoms. The smallest absolute Gasteiger partial charge is 0.418 e. The molecule has 0 aliphatic carbocycles. The molecule has 1 aromatic carbocycles. The van der Waals surface area contributed by atoms with Gasteiger partial charge in [0.05, 0.1) is 29.7 Å². The predicted molar refractivity (Wildman–Crippen MR) is 96.0 cm³/mol. The molecular formula is C18H15N5O3. The number of rotatable bonds is 3. The Kier molecular flexibility index (Phi) is 4.80. The van der Waals surface area contributed by atoms with Gasteiger partial charge in [-0.2, -0.15) is 5.26 Å². The molecular weight excluding hydrogens is 334 g/mol. The summed E-state index contributed by atoms with van der Waals surface area (Å²) in [7, 11) is 0. The lowest BCUT2D eigenvalue weighted by molar-refractivity contribution is 0.155. The van der Waals surface area contributed by atoms with Crippen molar-refractivity contribution in [1.82, 2.24) is 9.55 Å². The third-order valence-corrected chi connectivity index (χ3v) is 3.56. The third-order valence-electron chi connectivity index (χ3n) is 3.56. The number of carbonyl (C=O) groups is 2. The molecule has 8 heteroatoms. The zero-order valence-electron chi connectivity index (χ0n) is 13.9. The zero-order chi connectivity index (χ0) is 18.5. The molecule has 0 saturated heterocycles. The summed E-state index contributed by atoms with van der Waals surface area (Å²) >= 11 is 0. The number of urea groups is 1. The van der Waals surface area contributed by atoms with Crippen LogP contribution in [0.15, 0.2) is 48.8 Å². The van der Waals surface area contributed by atoms with Crippen LogP contribution in [0.5, 0.6) is 0 Å². The summed E-state index contributed by atoms with van der Waals surface area (Å²) in [6, 6.07) is 11.7. The van der Waals surface area contributed by atoms with E-state index in [2.05, 4.69) is 15.6 Å². The predicted octanol–water partition coefficient (Wildman–Crippen LogP) is 3.56. The van der Waals surface area contributed by atoms with Crippen molar-refractivity contribution in [2.45, 2.75) is 6.92 Å². The second-order valence-electron chi connectivity index (χ2n) is 5.25. The molecule has 0 saturated carbocycles. The minimum atomic E-state index is -0.520. The van der Waals surface area contributed by atoms with Gasteiger partial charge < -0.3 is 15.4 Å². The van der Waals surface area contributed by atoms with E-state index in [0.717, 1.165) is 0 Å². The number of ether oxygens (including phenoxy) is 1. The van der Waals surface area contributed by atoms with Crippen LogP contribution in [-0.2, 0) is 4.74 Å². The monoisotopic (exact) mass is 349 g/mol. The summed E-state index contributed by atoms with van der Waals surface area (Å²) in [6.45, 7) is 1.97. The number of pyridine rings is 1. The average Bonchev–Trinajstić information content (AvgIpc) is 3.01. The van der Waals surface area contributed by atoms with Crippen LogP contribution in [0.3, 0.4) is 0 Å². The van der Waals surface area contributed by atoms with Crippen LogP contribution in [0.25, 0.3) is 10.9 Å². The second-order valence-corrected chi connectivity index (χ2v) is 5.25. The van der Waals surface area contributed by atoms with E-state index >= 15 is 0 Å². The molecule has 2 heterocycles. The molecule has 0 atom stereocenters. The first-order chi connectivity index (χ1) is 12.6. The van der Waals surface area contributed by atoms with Crippen molar-refractivity contribution in [3.8, 4) is 6.07 Å². The van der Waals surface area contributed by atoms with Crippen LogP contribution in [-0.4, -0.2) is 28.3 Å². The molecule has 0 radical (unpaired) electrons. The average molecular weight is 349 g/mol. The number of carbonyl (C=O) groups excluding carboxylic acids is 2. The summed E-state index contributed by atoms with van der Waals surface area (Å²) < 4.78 is 6.38. The summed E-state index contributed by atoms with van der Waals surface area (Å²) in [6.07, 6.45) is 2.38. The number of hydrogen-bond acceptors (Lipinski definition) is 5. The maximum atomic E-state index is 12.2. The number of benzene rings is 1. The maximum Gasteiger partial charge on any atom is 0.418 e. The highest BCUT2D eigenvalue weighted by molar-refractivity contribution is 6.07. The Labute approximate surface area is 149 Å². The van der Waals surface area contributed by atoms with Gasteiger partial charge in [-0.3, -0.25) is 4.57 Å². The molecule has 0 aliphatic rings. The first kappa shape index (κ1) is 17.0.